The van der Waals surface area contributed by atoms with Crippen molar-refractivity contribution in [1.82, 2.24) is 19.6 Å². The first-order chi connectivity index (χ1) is 14.5. The molecule has 0 unspecified atom stereocenters. The average Bonchev–Trinajstić information content (AvgIpc) is 3.24. The van der Waals surface area contributed by atoms with Gasteiger partial charge in [-0.2, -0.15) is 23.4 Å². The molecular formula is C17H14ClF3N6O4. The molecule has 10 nitrogen and oxygen atoms in total. The molecule has 0 atom stereocenters. The van der Waals surface area contributed by atoms with Gasteiger partial charge in [-0.05, 0) is 25.1 Å². The molecule has 1 amide bonds. The summed E-state index contributed by atoms with van der Waals surface area (Å²) < 4.78 is 46.5. The molecule has 0 aliphatic rings. The van der Waals surface area contributed by atoms with Gasteiger partial charge in [-0.25, -0.2) is 4.68 Å². The van der Waals surface area contributed by atoms with Crippen LogP contribution in [0.4, 0.5) is 24.5 Å². The molecule has 0 fully saturated rings. The third-order valence-corrected chi connectivity index (χ3v) is 4.23. The van der Waals surface area contributed by atoms with Gasteiger partial charge in [0, 0.05) is 5.02 Å². The topological polar surface area (TPSA) is 117 Å². The monoisotopic (exact) mass is 458 g/mol. The van der Waals surface area contributed by atoms with Crippen LogP contribution in [0.1, 0.15) is 11.4 Å². The summed E-state index contributed by atoms with van der Waals surface area (Å²) in [6, 6.07) is 6.69. The first-order valence-corrected chi connectivity index (χ1v) is 8.92. The van der Waals surface area contributed by atoms with Crippen LogP contribution >= 0.6 is 11.6 Å². The fourth-order valence-electron chi connectivity index (χ4n) is 2.63. The minimum Gasteiger partial charge on any atom is -0.471 e. The van der Waals surface area contributed by atoms with Crippen molar-refractivity contribution < 1.29 is 27.6 Å². The molecule has 0 aliphatic heterocycles. The molecular weight excluding hydrogens is 445 g/mol. The molecule has 0 spiro atoms. The molecule has 2 aromatic heterocycles. The molecule has 31 heavy (non-hydrogen) atoms. The number of nitrogens with zero attached hydrogens (tertiary/aromatic N) is 5. The summed E-state index contributed by atoms with van der Waals surface area (Å²) in [7, 11) is 0. The number of aromatic nitrogens is 4. The van der Waals surface area contributed by atoms with E-state index < -0.39 is 40.6 Å². The third-order valence-electron chi connectivity index (χ3n) is 4.00. The maximum absolute atomic E-state index is 13.0. The van der Waals surface area contributed by atoms with Crippen LogP contribution in [0.25, 0.3) is 0 Å². The summed E-state index contributed by atoms with van der Waals surface area (Å²) >= 11 is 5.86. The van der Waals surface area contributed by atoms with Crippen molar-refractivity contribution >= 4 is 28.9 Å². The number of halogens is 4. The van der Waals surface area contributed by atoms with Gasteiger partial charge in [-0.15, -0.1) is 0 Å². The Morgan fingerprint density at radius 3 is 2.74 bits per heavy atom. The number of carbonyl (C=O) groups excluding carboxylic acids is 1. The second kappa shape index (κ2) is 8.63. The third kappa shape index (κ3) is 5.31. The summed E-state index contributed by atoms with van der Waals surface area (Å²) in [5.41, 5.74) is -2.99. The molecule has 2 heterocycles. The van der Waals surface area contributed by atoms with Gasteiger partial charge >= 0.3 is 11.9 Å². The number of nitro groups is 1. The minimum atomic E-state index is -5.03. The molecule has 1 N–H and O–H groups in total. The first-order valence-electron chi connectivity index (χ1n) is 8.54. The van der Waals surface area contributed by atoms with Crippen molar-refractivity contribution in [2.24, 2.45) is 0 Å². The lowest BCUT2D eigenvalue weighted by atomic mass is 10.3. The smallest absolute Gasteiger partial charge is 0.442 e. The second-order valence-corrected chi connectivity index (χ2v) is 6.68. The fourth-order valence-corrected chi connectivity index (χ4v) is 2.81. The zero-order valence-electron chi connectivity index (χ0n) is 15.8. The number of benzene rings is 1. The molecule has 14 heteroatoms. The Morgan fingerprint density at radius 1 is 1.39 bits per heavy atom. The largest absolute Gasteiger partial charge is 0.471 e. The van der Waals surface area contributed by atoms with Gasteiger partial charge in [-0.1, -0.05) is 17.7 Å². The highest BCUT2D eigenvalue weighted by Crippen LogP contribution is 2.36. The van der Waals surface area contributed by atoms with Crippen LogP contribution in [0.3, 0.4) is 0 Å². The highest BCUT2D eigenvalue weighted by atomic mass is 35.5. The van der Waals surface area contributed by atoms with Crippen molar-refractivity contribution in [2.45, 2.75) is 26.4 Å². The van der Waals surface area contributed by atoms with Crippen LogP contribution < -0.4 is 10.1 Å². The summed E-state index contributed by atoms with van der Waals surface area (Å²) in [6.07, 6.45) is -2.29. The van der Waals surface area contributed by atoms with Crippen LogP contribution in [0, 0.1) is 17.0 Å². The Morgan fingerprint density at radius 2 is 2.13 bits per heavy atom. The number of alkyl halides is 3. The Bertz CT molecular complexity index is 1130. The van der Waals surface area contributed by atoms with E-state index in [-0.39, 0.29) is 12.4 Å². The predicted octanol–water partition coefficient (Wildman–Crippen LogP) is 3.64. The van der Waals surface area contributed by atoms with Gasteiger partial charge in [-0.3, -0.25) is 19.6 Å². The van der Waals surface area contributed by atoms with Crippen molar-refractivity contribution in [3.05, 3.63) is 63.2 Å². The molecule has 0 saturated heterocycles. The molecule has 3 aromatic rings. The van der Waals surface area contributed by atoms with Gasteiger partial charge in [0.2, 0.25) is 11.6 Å². The van der Waals surface area contributed by atoms with Crippen molar-refractivity contribution in [3.8, 4) is 5.75 Å². The Balaban J connectivity index is 1.65. The van der Waals surface area contributed by atoms with E-state index in [0.29, 0.717) is 15.5 Å². The van der Waals surface area contributed by atoms with Crippen LogP contribution in [0.2, 0.25) is 5.02 Å². The van der Waals surface area contributed by atoms with E-state index in [1.54, 1.807) is 24.3 Å². The van der Waals surface area contributed by atoms with Gasteiger partial charge < -0.3 is 10.1 Å². The standard InChI is InChI=1S/C17H14ClF3N6O4/c1-10-15(27(29)30)16(17(19,20)21)24-26(10)8-14(28)23-12-6-22-25(7-12)9-31-13-4-2-3-11(18)5-13/h2-7H,8-9H2,1H3,(H,23,28). The number of ether oxygens (including phenoxy) is 1. The Kier molecular flexibility index (Phi) is 6.15. The molecule has 0 aliphatic carbocycles. The number of anilines is 1. The van der Waals surface area contributed by atoms with E-state index in [2.05, 4.69) is 15.5 Å². The lowest BCUT2D eigenvalue weighted by Crippen LogP contribution is -2.20. The molecule has 0 radical (unpaired) electrons. The van der Waals surface area contributed by atoms with E-state index in [9.17, 15) is 28.1 Å². The van der Waals surface area contributed by atoms with Crippen molar-refractivity contribution in [3.63, 3.8) is 0 Å². The Labute approximate surface area is 177 Å². The quantitative estimate of drug-likeness (QED) is 0.426. The van der Waals surface area contributed by atoms with E-state index in [1.165, 1.54) is 17.1 Å². The van der Waals surface area contributed by atoms with Crippen LogP contribution in [-0.4, -0.2) is 30.4 Å². The van der Waals surface area contributed by atoms with E-state index in [4.69, 9.17) is 16.3 Å². The number of hydrogen-bond donors (Lipinski definition) is 1. The molecule has 0 saturated carbocycles. The Hall–Kier alpha value is -3.61. The van der Waals surface area contributed by atoms with Crippen LogP contribution in [0.5, 0.6) is 5.75 Å². The van der Waals surface area contributed by atoms with E-state index in [1.807, 2.05) is 0 Å². The SMILES string of the molecule is Cc1c([N+](=O)[O-])c(C(F)(F)F)nn1CC(=O)Nc1cnn(COc2cccc(Cl)c2)c1. The van der Waals surface area contributed by atoms with Gasteiger partial charge in [0.15, 0.2) is 6.73 Å². The highest BCUT2D eigenvalue weighted by Gasteiger charge is 2.44. The van der Waals surface area contributed by atoms with Gasteiger partial charge in [0.1, 0.15) is 18.0 Å². The highest BCUT2D eigenvalue weighted by molar-refractivity contribution is 6.30. The predicted molar refractivity (Wildman–Crippen MR) is 102 cm³/mol. The van der Waals surface area contributed by atoms with Crippen molar-refractivity contribution in [2.75, 3.05) is 5.32 Å². The number of carbonyl (C=O) groups is 1. The average molecular weight is 459 g/mol. The van der Waals surface area contributed by atoms with Crippen molar-refractivity contribution in [1.29, 1.82) is 0 Å². The number of amides is 1. The normalized spacial score (nSPS) is 11.4. The summed E-state index contributed by atoms with van der Waals surface area (Å²) in [5.74, 6) is -0.241. The van der Waals surface area contributed by atoms with Crippen LogP contribution in [0.15, 0.2) is 36.7 Å². The summed E-state index contributed by atoms with van der Waals surface area (Å²) in [5, 5.41) is 21.1. The van der Waals surface area contributed by atoms with Gasteiger partial charge in [0.25, 0.3) is 0 Å². The lowest BCUT2D eigenvalue weighted by molar-refractivity contribution is -0.388. The van der Waals surface area contributed by atoms with E-state index in [0.717, 1.165) is 6.92 Å². The number of rotatable bonds is 7. The first kappa shape index (κ1) is 22.1. The lowest BCUT2D eigenvalue weighted by Gasteiger charge is -2.06. The minimum absolute atomic E-state index is 0.00954. The number of hydrogen-bond acceptors (Lipinski definition) is 6. The second-order valence-electron chi connectivity index (χ2n) is 6.24. The summed E-state index contributed by atoms with van der Waals surface area (Å²) in [6.45, 7) is 0.432. The maximum Gasteiger partial charge on any atom is 0.442 e. The molecule has 1 aromatic carbocycles. The zero-order valence-corrected chi connectivity index (χ0v) is 16.5. The number of nitrogens with one attached hydrogen (secondary N) is 1. The molecule has 164 valence electrons. The molecule has 3 rings (SSSR count). The fraction of sp³-hybridized carbons (Fsp3) is 0.235. The van der Waals surface area contributed by atoms with Gasteiger partial charge in [0.05, 0.1) is 23.0 Å². The maximum atomic E-state index is 13.0. The molecule has 0 bridgehead atoms. The zero-order chi connectivity index (χ0) is 22.8. The van der Waals surface area contributed by atoms with E-state index >= 15 is 0 Å². The summed E-state index contributed by atoms with van der Waals surface area (Å²) in [4.78, 5) is 22.0. The van der Waals surface area contributed by atoms with Crippen LogP contribution in [-0.2, 0) is 24.2 Å².